The molecule has 74 valence electrons. The summed E-state index contributed by atoms with van der Waals surface area (Å²) in [4.78, 5) is 11.5. The first-order valence-electron chi connectivity index (χ1n) is 4.80. The molecule has 2 N–H and O–H groups in total. The molecule has 13 heavy (non-hydrogen) atoms. The molecule has 0 spiro atoms. The summed E-state index contributed by atoms with van der Waals surface area (Å²) in [6.45, 7) is 8.85. The fourth-order valence-electron chi connectivity index (χ4n) is 1.62. The van der Waals surface area contributed by atoms with Crippen LogP contribution in [-0.4, -0.2) is 12.6 Å². The quantitative estimate of drug-likeness (QED) is 0.674. The first-order chi connectivity index (χ1) is 6.04. The molecule has 0 saturated heterocycles. The van der Waals surface area contributed by atoms with Crippen molar-refractivity contribution in [3.63, 3.8) is 0 Å². The number of rotatable bonds is 2. The SMILES string of the molecule is CC(C)C1=C(C(C)C)C(=O)NCN1. The Morgan fingerprint density at radius 1 is 1.08 bits per heavy atom. The van der Waals surface area contributed by atoms with E-state index in [0.717, 1.165) is 11.3 Å². The number of amides is 1. The van der Waals surface area contributed by atoms with Crippen LogP contribution in [0.25, 0.3) is 0 Å². The minimum atomic E-state index is 0.0810. The summed E-state index contributed by atoms with van der Waals surface area (Å²) in [5.74, 6) is 0.756. The molecular weight excluding hydrogens is 164 g/mol. The highest BCUT2D eigenvalue weighted by Crippen LogP contribution is 2.20. The second-order valence-corrected chi connectivity index (χ2v) is 4.00. The maximum absolute atomic E-state index is 11.5. The number of nitrogens with one attached hydrogen (secondary N) is 2. The Balaban J connectivity index is 3.04. The topological polar surface area (TPSA) is 41.1 Å². The van der Waals surface area contributed by atoms with Crippen molar-refractivity contribution >= 4 is 5.91 Å². The molecule has 0 aromatic carbocycles. The maximum Gasteiger partial charge on any atom is 0.250 e. The molecule has 0 aromatic heterocycles. The van der Waals surface area contributed by atoms with Gasteiger partial charge in [-0.15, -0.1) is 0 Å². The van der Waals surface area contributed by atoms with Gasteiger partial charge in [-0.3, -0.25) is 4.79 Å². The van der Waals surface area contributed by atoms with E-state index in [-0.39, 0.29) is 11.8 Å². The van der Waals surface area contributed by atoms with Gasteiger partial charge >= 0.3 is 0 Å². The summed E-state index contributed by atoms with van der Waals surface area (Å²) in [5.41, 5.74) is 2.00. The lowest BCUT2D eigenvalue weighted by Gasteiger charge is -2.26. The van der Waals surface area contributed by atoms with E-state index < -0.39 is 0 Å². The van der Waals surface area contributed by atoms with Gasteiger partial charge < -0.3 is 10.6 Å². The molecule has 0 aliphatic carbocycles. The van der Waals surface area contributed by atoms with Crippen molar-refractivity contribution in [3.05, 3.63) is 11.3 Å². The highest BCUT2D eigenvalue weighted by Gasteiger charge is 2.23. The van der Waals surface area contributed by atoms with Crippen LogP contribution in [0.1, 0.15) is 27.7 Å². The van der Waals surface area contributed by atoms with Crippen molar-refractivity contribution in [3.8, 4) is 0 Å². The average molecular weight is 182 g/mol. The van der Waals surface area contributed by atoms with E-state index in [1.165, 1.54) is 0 Å². The Labute approximate surface area is 79.6 Å². The Kier molecular flexibility index (Phi) is 2.96. The maximum atomic E-state index is 11.5. The van der Waals surface area contributed by atoms with Gasteiger partial charge in [-0.2, -0.15) is 0 Å². The van der Waals surface area contributed by atoms with Crippen LogP contribution in [0, 0.1) is 11.8 Å². The average Bonchev–Trinajstić information content (AvgIpc) is 2.02. The highest BCUT2D eigenvalue weighted by molar-refractivity contribution is 5.95. The molecule has 0 bridgehead atoms. The molecule has 0 saturated carbocycles. The summed E-state index contributed by atoms with van der Waals surface area (Å²) in [7, 11) is 0. The zero-order valence-corrected chi connectivity index (χ0v) is 8.77. The van der Waals surface area contributed by atoms with Gasteiger partial charge in [0.2, 0.25) is 0 Å². The van der Waals surface area contributed by atoms with E-state index in [4.69, 9.17) is 0 Å². The Morgan fingerprint density at radius 2 is 1.69 bits per heavy atom. The first kappa shape index (κ1) is 10.1. The van der Waals surface area contributed by atoms with Crippen LogP contribution in [-0.2, 0) is 4.79 Å². The predicted molar refractivity (Wildman–Crippen MR) is 52.8 cm³/mol. The van der Waals surface area contributed by atoms with Gasteiger partial charge in [-0.1, -0.05) is 27.7 Å². The number of hydrogen-bond acceptors (Lipinski definition) is 2. The zero-order valence-electron chi connectivity index (χ0n) is 8.77. The fourth-order valence-corrected chi connectivity index (χ4v) is 1.62. The molecule has 0 radical (unpaired) electrons. The van der Waals surface area contributed by atoms with Crippen LogP contribution >= 0.6 is 0 Å². The van der Waals surface area contributed by atoms with Crippen molar-refractivity contribution in [1.82, 2.24) is 10.6 Å². The standard InChI is InChI=1S/C10H18N2O/c1-6(2)8-9(7(3)4)11-5-12-10(8)13/h6-7,11H,5H2,1-4H3,(H,12,13). The van der Waals surface area contributed by atoms with Crippen LogP contribution in [0.2, 0.25) is 0 Å². The molecule has 0 aromatic rings. The van der Waals surface area contributed by atoms with Crippen molar-refractivity contribution in [2.45, 2.75) is 27.7 Å². The third-order valence-corrected chi connectivity index (χ3v) is 2.22. The molecule has 1 rings (SSSR count). The fraction of sp³-hybridized carbons (Fsp3) is 0.700. The molecular formula is C10H18N2O. The number of carbonyl (C=O) groups is 1. The predicted octanol–water partition coefficient (Wildman–Crippen LogP) is 1.23. The number of allylic oxidation sites excluding steroid dienone is 1. The molecule has 0 fully saturated rings. The van der Waals surface area contributed by atoms with Gasteiger partial charge in [0, 0.05) is 11.3 Å². The molecule has 3 heteroatoms. The summed E-state index contributed by atoms with van der Waals surface area (Å²) in [5, 5.41) is 6.02. The lowest BCUT2D eigenvalue weighted by atomic mass is 9.94. The van der Waals surface area contributed by atoms with E-state index in [1.54, 1.807) is 0 Å². The van der Waals surface area contributed by atoms with E-state index in [2.05, 4.69) is 24.5 Å². The smallest absolute Gasteiger partial charge is 0.250 e. The molecule has 1 amide bonds. The third kappa shape index (κ3) is 2.02. The van der Waals surface area contributed by atoms with Gasteiger partial charge in [-0.25, -0.2) is 0 Å². The summed E-state index contributed by atoms with van der Waals surface area (Å²) < 4.78 is 0. The van der Waals surface area contributed by atoms with E-state index in [1.807, 2.05) is 13.8 Å². The molecule has 0 unspecified atom stereocenters. The van der Waals surface area contributed by atoms with Crippen molar-refractivity contribution < 1.29 is 4.79 Å². The van der Waals surface area contributed by atoms with Gasteiger partial charge in [0.15, 0.2) is 0 Å². The van der Waals surface area contributed by atoms with Crippen molar-refractivity contribution in [1.29, 1.82) is 0 Å². The summed E-state index contributed by atoms with van der Waals surface area (Å²) >= 11 is 0. The van der Waals surface area contributed by atoms with Crippen LogP contribution in [0.15, 0.2) is 11.3 Å². The Bertz CT molecular complexity index is 241. The highest BCUT2D eigenvalue weighted by atomic mass is 16.1. The molecule has 3 nitrogen and oxygen atoms in total. The molecule has 0 atom stereocenters. The third-order valence-electron chi connectivity index (χ3n) is 2.22. The lowest BCUT2D eigenvalue weighted by Crippen LogP contribution is -2.43. The monoisotopic (exact) mass is 182 g/mol. The normalized spacial score (nSPS) is 17.8. The van der Waals surface area contributed by atoms with Crippen LogP contribution in [0.3, 0.4) is 0 Å². The van der Waals surface area contributed by atoms with Crippen LogP contribution < -0.4 is 10.6 Å². The van der Waals surface area contributed by atoms with Crippen molar-refractivity contribution in [2.24, 2.45) is 11.8 Å². The van der Waals surface area contributed by atoms with Crippen molar-refractivity contribution in [2.75, 3.05) is 6.67 Å². The van der Waals surface area contributed by atoms with Gasteiger partial charge in [0.25, 0.3) is 5.91 Å². The Hall–Kier alpha value is -0.990. The number of hydrogen-bond donors (Lipinski definition) is 2. The summed E-state index contributed by atoms with van der Waals surface area (Å²) in [6, 6.07) is 0. The molecule has 1 aliphatic heterocycles. The van der Waals surface area contributed by atoms with Crippen LogP contribution in [0.4, 0.5) is 0 Å². The molecule has 1 heterocycles. The lowest BCUT2D eigenvalue weighted by molar-refractivity contribution is -0.118. The zero-order chi connectivity index (χ0) is 10.0. The van der Waals surface area contributed by atoms with Crippen LogP contribution in [0.5, 0.6) is 0 Å². The van der Waals surface area contributed by atoms with Gasteiger partial charge in [-0.05, 0) is 11.8 Å². The van der Waals surface area contributed by atoms with E-state index >= 15 is 0 Å². The van der Waals surface area contributed by atoms with Gasteiger partial charge in [0.1, 0.15) is 0 Å². The summed E-state index contributed by atoms with van der Waals surface area (Å²) in [6.07, 6.45) is 0. The molecule has 1 aliphatic rings. The largest absolute Gasteiger partial charge is 0.371 e. The minimum absolute atomic E-state index is 0.0810. The van der Waals surface area contributed by atoms with E-state index in [9.17, 15) is 4.79 Å². The number of carbonyl (C=O) groups excluding carboxylic acids is 1. The first-order valence-corrected chi connectivity index (χ1v) is 4.80. The second kappa shape index (κ2) is 3.81. The van der Waals surface area contributed by atoms with Gasteiger partial charge in [0.05, 0.1) is 6.67 Å². The Morgan fingerprint density at radius 3 is 2.08 bits per heavy atom. The minimum Gasteiger partial charge on any atom is -0.371 e. The second-order valence-electron chi connectivity index (χ2n) is 4.00. The van der Waals surface area contributed by atoms with E-state index in [0.29, 0.717) is 12.6 Å².